The smallest absolute Gasteiger partial charge is 0.418 e. The minimum atomic E-state index is -4.65. The Hall–Kier alpha value is -2.37. The molecule has 0 aliphatic carbocycles. The van der Waals surface area contributed by atoms with E-state index in [2.05, 4.69) is 5.32 Å². The number of nitrogens with zero attached hydrogens (tertiary/aromatic N) is 1. The molecule has 11 heteroatoms. The van der Waals surface area contributed by atoms with Crippen LogP contribution in [-0.2, 0) is 20.9 Å². The van der Waals surface area contributed by atoms with Crippen molar-refractivity contribution in [1.82, 2.24) is 4.31 Å². The quantitative estimate of drug-likeness (QED) is 0.846. The zero-order chi connectivity index (χ0) is 19.7. The number of benzene rings is 1. The van der Waals surface area contributed by atoms with Gasteiger partial charge in [0.15, 0.2) is 5.76 Å². The maximum absolute atomic E-state index is 13.0. The van der Waals surface area contributed by atoms with Gasteiger partial charge in [0.05, 0.1) is 24.5 Å². The van der Waals surface area contributed by atoms with Crippen LogP contribution in [0.5, 0.6) is 0 Å². The molecule has 1 amide bonds. The molecule has 2 heterocycles. The normalized spacial score (nSPS) is 16.3. The summed E-state index contributed by atoms with van der Waals surface area (Å²) in [5.74, 6) is -1.41. The summed E-state index contributed by atoms with van der Waals surface area (Å²) in [5, 5.41) is 1.64. The fourth-order valence-corrected chi connectivity index (χ4v) is 3.84. The van der Waals surface area contributed by atoms with Gasteiger partial charge < -0.3 is 14.5 Å². The lowest BCUT2D eigenvalue weighted by Crippen LogP contribution is -2.40. The van der Waals surface area contributed by atoms with Gasteiger partial charge in [-0.1, -0.05) is 12.1 Å². The second-order valence-corrected chi connectivity index (χ2v) is 7.50. The number of morpholine rings is 1. The Morgan fingerprint density at radius 3 is 2.41 bits per heavy atom. The number of anilines is 1. The van der Waals surface area contributed by atoms with Gasteiger partial charge in [0, 0.05) is 13.1 Å². The van der Waals surface area contributed by atoms with Gasteiger partial charge in [-0.25, -0.2) is 8.42 Å². The number of furan rings is 1. The molecular formula is C16H15F3N2O5S. The largest absolute Gasteiger partial charge is 0.438 e. The predicted molar refractivity (Wildman–Crippen MR) is 87.7 cm³/mol. The second kappa shape index (κ2) is 7.33. The molecule has 1 N–H and O–H groups in total. The van der Waals surface area contributed by atoms with E-state index in [-0.39, 0.29) is 26.3 Å². The third kappa shape index (κ3) is 4.15. The molecular weight excluding hydrogens is 389 g/mol. The van der Waals surface area contributed by atoms with Crippen LogP contribution in [0.2, 0.25) is 0 Å². The van der Waals surface area contributed by atoms with Gasteiger partial charge in [0.25, 0.3) is 15.9 Å². The first-order chi connectivity index (χ1) is 12.7. The highest BCUT2D eigenvalue weighted by atomic mass is 32.2. The number of carbonyl (C=O) groups excluding carboxylic acids is 1. The predicted octanol–water partition coefficient (Wildman–Crippen LogP) is 2.57. The highest BCUT2D eigenvalue weighted by Gasteiger charge is 2.34. The summed E-state index contributed by atoms with van der Waals surface area (Å²) in [7, 11) is -3.95. The molecule has 1 aromatic heterocycles. The van der Waals surface area contributed by atoms with E-state index in [0.29, 0.717) is 0 Å². The summed E-state index contributed by atoms with van der Waals surface area (Å²) < 4.78 is 75.3. The van der Waals surface area contributed by atoms with Gasteiger partial charge in [-0.3, -0.25) is 4.79 Å². The number of rotatable bonds is 4. The molecule has 1 aliphatic rings. The van der Waals surface area contributed by atoms with Crippen molar-refractivity contribution in [1.29, 1.82) is 0 Å². The third-order valence-electron chi connectivity index (χ3n) is 3.85. The van der Waals surface area contributed by atoms with Crippen LogP contribution < -0.4 is 5.32 Å². The molecule has 2 aromatic rings. The molecule has 1 fully saturated rings. The first kappa shape index (κ1) is 19.4. The number of para-hydroxylation sites is 1. The topological polar surface area (TPSA) is 88.9 Å². The van der Waals surface area contributed by atoms with Crippen LogP contribution in [0.4, 0.5) is 18.9 Å². The summed E-state index contributed by atoms with van der Waals surface area (Å²) in [5.41, 5.74) is -1.48. The molecule has 0 unspecified atom stereocenters. The number of alkyl halides is 3. The molecule has 7 nitrogen and oxygen atoms in total. The highest BCUT2D eigenvalue weighted by Crippen LogP contribution is 2.34. The standard InChI is InChI=1S/C16H15F3N2O5S/c17-16(18,19)11-3-1-2-4-12(11)20-15(22)13-5-6-14(26-13)27(23,24)21-7-9-25-10-8-21/h1-6H,7-10H2,(H,20,22). The van der Waals surface area contributed by atoms with E-state index in [9.17, 15) is 26.4 Å². The fraction of sp³-hybridized carbons (Fsp3) is 0.312. The molecule has 146 valence electrons. The highest BCUT2D eigenvalue weighted by molar-refractivity contribution is 7.89. The minimum absolute atomic E-state index is 0.142. The van der Waals surface area contributed by atoms with E-state index in [1.54, 1.807) is 0 Å². The summed E-state index contributed by atoms with van der Waals surface area (Å²) in [6.45, 7) is 0.760. The Bertz CT molecular complexity index is 934. The summed E-state index contributed by atoms with van der Waals surface area (Å²) in [6, 6.07) is 6.63. The van der Waals surface area contributed by atoms with Gasteiger partial charge in [-0.2, -0.15) is 17.5 Å². The van der Waals surface area contributed by atoms with Crippen LogP contribution in [0.15, 0.2) is 45.9 Å². The molecule has 0 radical (unpaired) electrons. The Kier molecular flexibility index (Phi) is 5.27. The molecule has 1 saturated heterocycles. The lowest BCUT2D eigenvalue weighted by atomic mass is 10.1. The fourth-order valence-electron chi connectivity index (χ4n) is 2.52. The number of amides is 1. The van der Waals surface area contributed by atoms with Crippen molar-refractivity contribution in [3.8, 4) is 0 Å². The van der Waals surface area contributed by atoms with Crippen LogP contribution in [0.3, 0.4) is 0 Å². The van der Waals surface area contributed by atoms with E-state index >= 15 is 0 Å². The number of carbonyl (C=O) groups is 1. The summed E-state index contributed by atoms with van der Waals surface area (Å²) in [6.07, 6.45) is -4.65. The number of halogens is 3. The van der Waals surface area contributed by atoms with Crippen molar-refractivity contribution in [2.75, 3.05) is 31.6 Å². The van der Waals surface area contributed by atoms with E-state index in [1.807, 2.05) is 0 Å². The number of sulfonamides is 1. The minimum Gasteiger partial charge on any atom is -0.438 e. The average molecular weight is 404 g/mol. The molecule has 0 bridgehead atoms. The zero-order valence-electron chi connectivity index (χ0n) is 13.8. The summed E-state index contributed by atoms with van der Waals surface area (Å²) in [4.78, 5) is 12.2. The van der Waals surface area contributed by atoms with Gasteiger partial charge >= 0.3 is 6.18 Å². The number of nitrogens with one attached hydrogen (secondary N) is 1. The Labute approximate surface area is 152 Å². The molecule has 1 aromatic carbocycles. The first-order valence-electron chi connectivity index (χ1n) is 7.85. The van der Waals surface area contributed by atoms with E-state index in [1.165, 1.54) is 12.1 Å². The first-order valence-corrected chi connectivity index (χ1v) is 9.29. The zero-order valence-corrected chi connectivity index (χ0v) is 14.6. The van der Waals surface area contributed by atoms with Crippen LogP contribution in [0, 0.1) is 0 Å². The Balaban J connectivity index is 1.80. The van der Waals surface area contributed by atoms with Crippen LogP contribution in [0.25, 0.3) is 0 Å². The van der Waals surface area contributed by atoms with Crippen molar-refractivity contribution in [2.45, 2.75) is 11.3 Å². The van der Waals surface area contributed by atoms with E-state index < -0.39 is 44.2 Å². The number of hydrogen-bond acceptors (Lipinski definition) is 5. The third-order valence-corrected chi connectivity index (χ3v) is 5.62. The summed E-state index contributed by atoms with van der Waals surface area (Å²) >= 11 is 0. The maximum atomic E-state index is 13.0. The van der Waals surface area contributed by atoms with Crippen molar-refractivity contribution in [3.63, 3.8) is 0 Å². The van der Waals surface area contributed by atoms with Crippen molar-refractivity contribution >= 4 is 21.6 Å². The van der Waals surface area contributed by atoms with Crippen LogP contribution in [-0.4, -0.2) is 44.9 Å². The van der Waals surface area contributed by atoms with Gasteiger partial charge in [0.2, 0.25) is 5.09 Å². The lowest BCUT2D eigenvalue weighted by molar-refractivity contribution is -0.136. The Morgan fingerprint density at radius 2 is 1.74 bits per heavy atom. The SMILES string of the molecule is O=C(Nc1ccccc1C(F)(F)F)c1ccc(S(=O)(=O)N2CCOCC2)o1. The van der Waals surface area contributed by atoms with Crippen LogP contribution in [0.1, 0.15) is 16.1 Å². The van der Waals surface area contributed by atoms with E-state index in [4.69, 9.17) is 9.15 Å². The Morgan fingerprint density at radius 1 is 1.07 bits per heavy atom. The van der Waals surface area contributed by atoms with Crippen LogP contribution >= 0.6 is 0 Å². The van der Waals surface area contributed by atoms with Gasteiger partial charge in [-0.15, -0.1) is 0 Å². The molecule has 3 rings (SSSR count). The average Bonchev–Trinajstić information content (AvgIpc) is 3.13. The number of ether oxygens (including phenoxy) is 1. The molecule has 27 heavy (non-hydrogen) atoms. The molecule has 0 atom stereocenters. The molecule has 0 saturated carbocycles. The lowest BCUT2D eigenvalue weighted by Gasteiger charge is -2.24. The maximum Gasteiger partial charge on any atom is 0.418 e. The van der Waals surface area contributed by atoms with E-state index in [0.717, 1.165) is 28.6 Å². The molecule has 1 aliphatic heterocycles. The van der Waals surface area contributed by atoms with Gasteiger partial charge in [0.1, 0.15) is 0 Å². The van der Waals surface area contributed by atoms with Crippen molar-refractivity contribution in [3.05, 3.63) is 47.7 Å². The van der Waals surface area contributed by atoms with Crippen molar-refractivity contribution < 1.29 is 35.5 Å². The molecule has 0 spiro atoms. The van der Waals surface area contributed by atoms with Gasteiger partial charge in [-0.05, 0) is 24.3 Å². The number of hydrogen-bond donors (Lipinski definition) is 1. The van der Waals surface area contributed by atoms with Crippen molar-refractivity contribution in [2.24, 2.45) is 0 Å². The monoisotopic (exact) mass is 404 g/mol. The second-order valence-electron chi connectivity index (χ2n) is 5.63.